The van der Waals surface area contributed by atoms with Gasteiger partial charge in [-0.05, 0) is 71.5 Å². The van der Waals surface area contributed by atoms with E-state index >= 15 is 0 Å². The van der Waals surface area contributed by atoms with Gasteiger partial charge in [0.1, 0.15) is 5.84 Å². The number of halogens is 2. The Kier molecular flexibility index (Phi) is 7.58. The minimum atomic E-state index is 0. The van der Waals surface area contributed by atoms with Crippen LogP contribution in [0.1, 0.15) is 27.8 Å². The summed E-state index contributed by atoms with van der Waals surface area (Å²) in [7, 11) is 4.90. The molecule has 3 aromatic rings. The topological polar surface area (TPSA) is 43.3 Å². The molecule has 0 bridgehead atoms. The molecule has 0 N–H and O–H groups in total. The molecule has 0 fully saturated rings. The molecule has 0 amide bonds. The number of hydrogen-bond donors (Lipinski definition) is 0. The maximum Gasteiger partial charge on any atom is 0.203 e. The van der Waals surface area contributed by atoms with E-state index in [0.717, 1.165) is 53.5 Å². The summed E-state index contributed by atoms with van der Waals surface area (Å²) in [4.78, 5) is 7.06. The predicted octanol–water partition coefficient (Wildman–Crippen LogP) is 6.15. The van der Waals surface area contributed by atoms with E-state index in [-0.39, 0.29) is 12.4 Å². The largest absolute Gasteiger partial charge is 0.493 e. The van der Waals surface area contributed by atoms with Gasteiger partial charge in [0, 0.05) is 17.1 Å². The van der Waals surface area contributed by atoms with Crippen molar-refractivity contribution in [2.45, 2.75) is 12.8 Å². The third-order valence-corrected chi connectivity index (χ3v) is 6.59. The van der Waals surface area contributed by atoms with E-state index in [2.05, 4.69) is 41.3 Å². The van der Waals surface area contributed by atoms with Gasteiger partial charge in [0.25, 0.3) is 0 Å². The summed E-state index contributed by atoms with van der Waals surface area (Å²) < 4.78 is 16.4. The first kappa shape index (κ1) is 25.0. The number of ether oxygens (including phenoxy) is 3. The summed E-state index contributed by atoms with van der Waals surface area (Å²) in [5, 5.41) is 0.739. The molecule has 0 unspecified atom stereocenters. The molecule has 0 radical (unpaired) electrons. The van der Waals surface area contributed by atoms with Crippen LogP contribution in [0.3, 0.4) is 0 Å². The Balaban J connectivity index is 0.00000289. The van der Waals surface area contributed by atoms with Crippen LogP contribution in [0, 0.1) is 0 Å². The van der Waals surface area contributed by atoms with E-state index in [1.165, 1.54) is 16.8 Å². The standard InChI is InChI=1S/C28H27ClN2O3.ClH/c1-32-25-14-19(15-26(33-2)27(25)34-3)5-4-18-6-8-20(9-7-18)24-17-21-16-22(29)10-11-23(21)28-30-12-13-31(24)28;/h6-11,14-17H,4-5,12-13H2,1-3H3;1H. The fourth-order valence-corrected chi connectivity index (χ4v) is 4.82. The number of methoxy groups -OCH3 is 3. The highest BCUT2D eigenvalue weighted by atomic mass is 35.5. The lowest BCUT2D eigenvalue weighted by Gasteiger charge is -2.29. The number of aliphatic imine (C=N–C) groups is 1. The zero-order chi connectivity index (χ0) is 23.7. The molecule has 0 aromatic heterocycles. The molecule has 2 heterocycles. The second-order valence-electron chi connectivity index (χ2n) is 8.35. The van der Waals surface area contributed by atoms with Crippen LogP contribution in [0.15, 0.2) is 59.6 Å². The molecule has 0 spiro atoms. The number of fused-ring (bicyclic) bond motifs is 3. The number of benzene rings is 3. The third kappa shape index (κ3) is 4.84. The average molecular weight is 511 g/mol. The summed E-state index contributed by atoms with van der Waals surface area (Å²) in [6.45, 7) is 1.70. The first-order valence-electron chi connectivity index (χ1n) is 11.3. The molecule has 35 heavy (non-hydrogen) atoms. The highest BCUT2D eigenvalue weighted by molar-refractivity contribution is 6.31. The van der Waals surface area contributed by atoms with E-state index in [0.29, 0.717) is 17.2 Å². The quantitative estimate of drug-likeness (QED) is 0.382. The van der Waals surface area contributed by atoms with Crippen molar-refractivity contribution in [3.63, 3.8) is 0 Å². The fraction of sp³-hybridized carbons (Fsp3) is 0.250. The predicted molar refractivity (Wildman–Crippen MR) is 145 cm³/mol. The van der Waals surface area contributed by atoms with Crippen LogP contribution in [-0.2, 0) is 12.8 Å². The van der Waals surface area contributed by atoms with Crippen LogP contribution >= 0.6 is 24.0 Å². The van der Waals surface area contributed by atoms with Gasteiger partial charge in [0.05, 0.1) is 33.6 Å². The number of nitrogens with zero attached hydrogens (tertiary/aromatic N) is 2. The maximum atomic E-state index is 6.27. The lowest BCUT2D eigenvalue weighted by Crippen LogP contribution is -2.30. The van der Waals surface area contributed by atoms with Crippen LogP contribution in [0.25, 0.3) is 11.8 Å². The Morgan fingerprint density at radius 1 is 0.857 bits per heavy atom. The van der Waals surface area contributed by atoms with Gasteiger partial charge in [0.15, 0.2) is 11.5 Å². The molecule has 182 valence electrons. The fourth-order valence-electron chi connectivity index (χ4n) is 4.64. The highest BCUT2D eigenvalue weighted by Crippen LogP contribution is 2.39. The normalized spacial score (nSPS) is 13.8. The van der Waals surface area contributed by atoms with Gasteiger partial charge >= 0.3 is 0 Å². The van der Waals surface area contributed by atoms with Crippen LogP contribution in [-0.4, -0.2) is 45.2 Å². The molecular weight excluding hydrogens is 483 g/mol. The lowest BCUT2D eigenvalue weighted by molar-refractivity contribution is 0.324. The minimum absolute atomic E-state index is 0. The Morgan fingerprint density at radius 2 is 1.54 bits per heavy atom. The molecule has 0 saturated carbocycles. The SMILES string of the molecule is COc1cc(CCc2ccc(C3=Cc4cc(Cl)ccc4C4=NCCN34)cc2)cc(OC)c1OC.Cl. The van der Waals surface area contributed by atoms with Gasteiger partial charge < -0.3 is 19.1 Å². The number of hydrogen-bond acceptors (Lipinski definition) is 5. The van der Waals surface area contributed by atoms with Gasteiger partial charge in [-0.1, -0.05) is 35.9 Å². The molecule has 2 aliphatic rings. The Morgan fingerprint density at radius 3 is 2.20 bits per heavy atom. The monoisotopic (exact) mass is 510 g/mol. The minimum Gasteiger partial charge on any atom is -0.493 e. The molecule has 3 aromatic carbocycles. The number of amidine groups is 1. The lowest BCUT2D eigenvalue weighted by atomic mass is 9.96. The smallest absolute Gasteiger partial charge is 0.203 e. The molecular formula is C28H28Cl2N2O3. The zero-order valence-corrected chi connectivity index (χ0v) is 21.6. The van der Waals surface area contributed by atoms with E-state index in [1.807, 2.05) is 24.3 Å². The van der Waals surface area contributed by atoms with Crippen molar-refractivity contribution in [1.82, 2.24) is 4.90 Å². The van der Waals surface area contributed by atoms with Crippen LogP contribution in [0.5, 0.6) is 17.2 Å². The summed E-state index contributed by atoms with van der Waals surface area (Å²) in [5.74, 6) is 3.02. The first-order chi connectivity index (χ1) is 16.6. The van der Waals surface area contributed by atoms with Gasteiger partial charge in [0.2, 0.25) is 5.75 Å². The van der Waals surface area contributed by atoms with Crippen LogP contribution in [0.2, 0.25) is 5.02 Å². The van der Waals surface area contributed by atoms with Crippen molar-refractivity contribution in [2.75, 3.05) is 34.4 Å². The Labute approximate surface area is 217 Å². The molecule has 7 heteroatoms. The van der Waals surface area contributed by atoms with Crippen molar-refractivity contribution in [1.29, 1.82) is 0 Å². The molecule has 0 atom stereocenters. The Bertz CT molecular complexity index is 1260. The van der Waals surface area contributed by atoms with E-state index < -0.39 is 0 Å². The van der Waals surface area contributed by atoms with Crippen molar-refractivity contribution in [2.24, 2.45) is 4.99 Å². The molecule has 2 aliphatic heterocycles. The molecule has 0 aliphatic carbocycles. The van der Waals surface area contributed by atoms with E-state index in [1.54, 1.807) is 21.3 Å². The number of rotatable bonds is 7. The van der Waals surface area contributed by atoms with Crippen molar-refractivity contribution in [3.8, 4) is 17.2 Å². The number of aryl methyl sites for hydroxylation is 2. The van der Waals surface area contributed by atoms with E-state index in [9.17, 15) is 0 Å². The zero-order valence-electron chi connectivity index (χ0n) is 20.0. The first-order valence-corrected chi connectivity index (χ1v) is 11.7. The summed E-state index contributed by atoms with van der Waals surface area (Å²) >= 11 is 6.27. The van der Waals surface area contributed by atoms with Gasteiger partial charge in [-0.2, -0.15) is 0 Å². The van der Waals surface area contributed by atoms with Crippen LogP contribution in [0.4, 0.5) is 0 Å². The average Bonchev–Trinajstić information content (AvgIpc) is 3.36. The third-order valence-electron chi connectivity index (χ3n) is 6.35. The van der Waals surface area contributed by atoms with Crippen molar-refractivity contribution < 1.29 is 14.2 Å². The summed E-state index contributed by atoms with van der Waals surface area (Å²) in [5.41, 5.74) is 7.02. The molecule has 5 nitrogen and oxygen atoms in total. The van der Waals surface area contributed by atoms with Gasteiger partial charge in [-0.25, -0.2) is 0 Å². The van der Waals surface area contributed by atoms with Crippen LogP contribution < -0.4 is 14.2 Å². The van der Waals surface area contributed by atoms with E-state index in [4.69, 9.17) is 30.8 Å². The second kappa shape index (κ2) is 10.6. The van der Waals surface area contributed by atoms with Gasteiger partial charge in [-0.15, -0.1) is 12.4 Å². The van der Waals surface area contributed by atoms with Crippen molar-refractivity contribution in [3.05, 3.63) is 87.4 Å². The second-order valence-corrected chi connectivity index (χ2v) is 8.79. The highest BCUT2D eigenvalue weighted by Gasteiger charge is 2.28. The molecule has 0 saturated heterocycles. The summed E-state index contributed by atoms with van der Waals surface area (Å²) in [6.07, 6.45) is 4.00. The summed E-state index contributed by atoms with van der Waals surface area (Å²) in [6, 6.07) is 18.8. The Hall–Kier alpha value is -3.15. The maximum absolute atomic E-state index is 6.27. The van der Waals surface area contributed by atoms with Crippen molar-refractivity contribution >= 4 is 41.6 Å². The van der Waals surface area contributed by atoms with Gasteiger partial charge in [-0.3, -0.25) is 4.99 Å². The molecule has 5 rings (SSSR count).